The van der Waals surface area contributed by atoms with E-state index in [2.05, 4.69) is 25.2 Å². The Bertz CT molecular complexity index is 850. The summed E-state index contributed by atoms with van der Waals surface area (Å²) in [6.07, 6.45) is -0.172. The number of anilines is 1. The average molecular weight is 408 g/mol. The van der Waals surface area contributed by atoms with E-state index in [1.54, 1.807) is 19.1 Å². The summed E-state index contributed by atoms with van der Waals surface area (Å²) in [5.41, 5.74) is 1.13. The number of fused-ring (bicyclic) bond motifs is 1. The lowest BCUT2D eigenvalue weighted by atomic mass is 9.96. The minimum Gasteiger partial charge on any atom is -0.507 e. The number of alkyl halides is 3. The fourth-order valence-electron chi connectivity index (χ4n) is 4.45. The van der Waals surface area contributed by atoms with Crippen LogP contribution in [0.3, 0.4) is 0 Å². The zero-order valence-electron chi connectivity index (χ0n) is 16.0. The molecule has 9 heteroatoms. The predicted molar refractivity (Wildman–Crippen MR) is 102 cm³/mol. The van der Waals surface area contributed by atoms with Crippen LogP contribution in [0.1, 0.15) is 31.2 Å². The Balaban J connectivity index is 1.50. The van der Waals surface area contributed by atoms with Crippen LogP contribution in [0, 0.1) is 6.92 Å². The number of phenols is 1. The number of rotatable bonds is 4. The summed E-state index contributed by atoms with van der Waals surface area (Å²) < 4.78 is 41.1. The van der Waals surface area contributed by atoms with Gasteiger partial charge < -0.3 is 15.2 Å². The second-order valence-corrected chi connectivity index (χ2v) is 7.62. The number of benzene rings is 1. The third-order valence-corrected chi connectivity index (χ3v) is 5.61. The van der Waals surface area contributed by atoms with Crippen LogP contribution in [-0.2, 0) is 0 Å². The minimum absolute atomic E-state index is 0.332. The molecule has 2 saturated heterocycles. The highest BCUT2D eigenvalue weighted by atomic mass is 19.4. The van der Waals surface area contributed by atoms with Gasteiger partial charge >= 0.3 is 6.36 Å². The van der Waals surface area contributed by atoms with E-state index in [0.29, 0.717) is 34.7 Å². The van der Waals surface area contributed by atoms with Crippen molar-refractivity contribution >= 4 is 5.82 Å². The van der Waals surface area contributed by atoms with Gasteiger partial charge in [0.25, 0.3) is 0 Å². The molecule has 0 aliphatic carbocycles. The summed E-state index contributed by atoms with van der Waals surface area (Å²) in [6, 6.07) is 6.50. The van der Waals surface area contributed by atoms with E-state index < -0.39 is 12.1 Å². The summed E-state index contributed by atoms with van der Waals surface area (Å²) in [7, 11) is 0. The Morgan fingerprint density at radius 2 is 1.90 bits per heavy atom. The molecular weight excluding hydrogens is 385 g/mol. The van der Waals surface area contributed by atoms with E-state index in [0.717, 1.165) is 32.0 Å². The Morgan fingerprint density at radius 1 is 1.14 bits per heavy atom. The minimum atomic E-state index is -4.82. The molecule has 2 atom stereocenters. The van der Waals surface area contributed by atoms with Crippen LogP contribution in [0.4, 0.5) is 19.0 Å². The van der Waals surface area contributed by atoms with Gasteiger partial charge in [0.15, 0.2) is 0 Å². The van der Waals surface area contributed by atoms with Gasteiger partial charge in [0.2, 0.25) is 0 Å². The molecule has 1 aromatic carbocycles. The van der Waals surface area contributed by atoms with Gasteiger partial charge in [0.05, 0.1) is 5.69 Å². The highest BCUT2D eigenvalue weighted by Gasteiger charge is 2.35. The Labute approximate surface area is 166 Å². The molecule has 2 aromatic rings. The maximum Gasteiger partial charge on any atom is 0.573 e. The number of nitrogens with one attached hydrogen (secondary N) is 1. The van der Waals surface area contributed by atoms with Gasteiger partial charge in [-0.25, -0.2) is 0 Å². The van der Waals surface area contributed by atoms with Crippen molar-refractivity contribution in [2.24, 2.45) is 0 Å². The zero-order chi connectivity index (χ0) is 20.6. The van der Waals surface area contributed by atoms with Crippen molar-refractivity contribution in [3.8, 4) is 22.8 Å². The monoisotopic (exact) mass is 408 g/mol. The number of hydrogen-bond donors (Lipinski definition) is 2. The van der Waals surface area contributed by atoms with Crippen molar-refractivity contribution in [1.82, 2.24) is 15.1 Å². The largest absolute Gasteiger partial charge is 0.573 e. The van der Waals surface area contributed by atoms with Gasteiger partial charge in [0, 0.05) is 23.7 Å². The van der Waals surface area contributed by atoms with Gasteiger partial charge in [-0.3, -0.25) is 4.90 Å². The number of ether oxygens (including phenoxy) is 1. The first-order valence-corrected chi connectivity index (χ1v) is 9.74. The van der Waals surface area contributed by atoms with E-state index >= 15 is 0 Å². The second-order valence-electron chi connectivity index (χ2n) is 7.62. The normalized spacial score (nSPS) is 22.3. The molecule has 0 saturated carbocycles. The van der Waals surface area contributed by atoms with E-state index in [1.165, 1.54) is 18.9 Å². The molecule has 0 bridgehead atoms. The molecule has 3 heterocycles. The average Bonchev–Trinajstić information content (AvgIpc) is 3.11. The summed E-state index contributed by atoms with van der Waals surface area (Å²) >= 11 is 0. The summed E-state index contributed by atoms with van der Waals surface area (Å²) in [4.78, 5) is 2.52. The molecule has 2 fully saturated rings. The van der Waals surface area contributed by atoms with Crippen LogP contribution in [0.5, 0.6) is 11.5 Å². The molecule has 0 radical (unpaired) electrons. The number of aromatic nitrogens is 2. The topological polar surface area (TPSA) is 70.5 Å². The van der Waals surface area contributed by atoms with Crippen molar-refractivity contribution in [2.45, 2.75) is 51.1 Å². The number of hydrogen-bond acceptors (Lipinski definition) is 6. The predicted octanol–water partition coefficient (Wildman–Crippen LogP) is 4.09. The zero-order valence-corrected chi connectivity index (χ0v) is 16.0. The molecule has 6 nitrogen and oxygen atoms in total. The molecule has 0 unspecified atom stereocenters. The number of aromatic hydroxyl groups is 1. The van der Waals surface area contributed by atoms with Crippen LogP contribution >= 0.6 is 0 Å². The van der Waals surface area contributed by atoms with Crippen LogP contribution in [-0.4, -0.2) is 51.7 Å². The highest BCUT2D eigenvalue weighted by molar-refractivity contribution is 5.72. The van der Waals surface area contributed by atoms with E-state index in [1.807, 2.05) is 0 Å². The van der Waals surface area contributed by atoms with Crippen LogP contribution < -0.4 is 10.1 Å². The van der Waals surface area contributed by atoms with Crippen molar-refractivity contribution in [3.05, 3.63) is 29.8 Å². The fraction of sp³-hybridized carbons (Fsp3) is 0.500. The van der Waals surface area contributed by atoms with E-state index in [9.17, 15) is 18.3 Å². The number of piperidine rings is 1. The fourth-order valence-corrected chi connectivity index (χ4v) is 4.45. The molecule has 0 amide bonds. The molecule has 156 valence electrons. The number of nitrogens with zero attached hydrogens (tertiary/aromatic N) is 3. The van der Waals surface area contributed by atoms with Crippen molar-refractivity contribution < 1.29 is 23.0 Å². The molecule has 2 N–H and O–H groups in total. The molecular formula is C20H23F3N4O2. The first-order chi connectivity index (χ1) is 13.8. The van der Waals surface area contributed by atoms with Gasteiger partial charge in [-0.2, -0.15) is 0 Å². The third-order valence-electron chi connectivity index (χ3n) is 5.61. The first-order valence-electron chi connectivity index (χ1n) is 9.74. The summed E-state index contributed by atoms with van der Waals surface area (Å²) in [5.74, 6) is -0.157. The van der Waals surface area contributed by atoms with Gasteiger partial charge in [-0.1, -0.05) is 0 Å². The maximum absolute atomic E-state index is 12.4. The Morgan fingerprint density at radius 3 is 2.55 bits per heavy atom. The summed E-state index contributed by atoms with van der Waals surface area (Å²) in [5, 5.41) is 22.1. The number of aryl methyl sites for hydroxylation is 1. The number of phenolic OH excluding ortho intramolecular Hbond substituents is 1. The quantitative estimate of drug-likeness (QED) is 0.794. The van der Waals surface area contributed by atoms with Crippen molar-refractivity contribution in [1.29, 1.82) is 0 Å². The summed E-state index contributed by atoms with van der Waals surface area (Å²) in [6.45, 7) is 3.89. The smallest absolute Gasteiger partial charge is 0.507 e. The maximum atomic E-state index is 12.4. The highest BCUT2D eigenvalue weighted by Crippen LogP contribution is 2.37. The Kier molecular flexibility index (Phi) is 5.24. The lowest BCUT2D eigenvalue weighted by Crippen LogP contribution is -2.47. The molecule has 2 aliphatic rings. The van der Waals surface area contributed by atoms with Gasteiger partial charge in [0.1, 0.15) is 17.3 Å². The van der Waals surface area contributed by atoms with Crippen molar-refractivity contribution in [3.63, 3.8) is 0 Å². The molecule has 29 heavy (non-hydrogen) atoms. The molecule has 0 spiro atoms. The van der Waals surface area contributed by atoms with Crippen LogP contribution in [0.2, 0.25) is 0 Å². The standard InChI is InChI=1S/C20H23F3N4O2/c1-12-10-13(29-20(21,22)23)11-17(28)19(12)15-6-7-18(26-25-15)24-14-4-2-8-27-9-3-5-16(14)27/h6-7,10-11,14,16,28H,2-5,8-9H2,1H3,(H,24,26)/t14-,16-/m0/s1. The first kappa shape index (κ1) is 19.8. The van der Waals surface area contributed by atoms with Crippen LogP contribution in [0.15, 0.2) is 24.3 Å². The molecule has 1 aromatic heterocycles. The molecule has 2 aliphatic heterocycles. The second kappa shape index (κ2) is 7.70. The van der Waals surface area contributed by atoms with Gasteiger partial charge in [-0.15, -0.1) is 23.4 Å². The van der Waals surface area contributed by atoms with Crippen molar-refractivity contribution in [2.75, 3.05) is 18.4 Å². The SMILES string of the molecule is Cc1cc(OC(F)(F)F)cc(O)c1-c1ccc(N[C@H]2CCCN3CCC[C@@H]23)nn1. The molecule has 4 rings (SSSR count). The van der Waals surface area contributed by atoms with Gasteiger partial charge in [-0.05, 0) is 69.5 Å². The Hall–Kier alpha value is -2.55. The van der Waals surface area contributed by atoms with E-state index in [-0.39, 0.29) is 5.75 Å². The lowest BCUT2D eigenvalue weighted by Gasteiger charge is -2.37. The van der Waals surface area contributed by atoms with Crippen LogP contribution in [0.25, 0.3) is 11.3 Å². The number of halogens is 3. The third kappa shape index (κ3) is 4.39. The van der Waals surface area contributed by atoms with E-state index in [4.69, 9.17) is 0 Å². The lowest BCUT2D eigenvalue weighted by molar-refractivity contribution is -0.274.